The largest absolute Gasteiger partial charge is 0.497 e. The molecular weight excluding hydrogens is 524 g/mol. The van der Waals surface area contributed by atoms with E-state index in [0.29, 0.717) is 50.9 Å². The summed E-state index contributed by atoms with van der Waals surface area (Å²) in [4.78, 5) is 20.3. The lowest BCUT2D eigenvalue weighted by molar-refractivity contribution is 0.0474. The number of rotatable bonds is 8. The van der Waals surface area contributed by atoms with E-state index in [2.05, 4.69) is 27.0 Å². The summed E-state index contributed by atoms with van der Waals surface area (Å²) in [5, 5.41) is 9.28. The maximum absolute atomic E-state index is 13.8. The topological polar surface area (TPSA) is 99.2 Å². The fourth-order valence-electron chi connectivity index (χ4n) is 5.65. The molecule has 208 valence electrons. The normalized spacial score (nSPS) is 20.3. The average Bonchev–Trinajstić information content (AvgIpc) is 3.63. The number of carbonyl (C=O) groups is 1. The zero-order valence-corrected chi connectivity index (χ0v) is 24.4. The van der Waals surface area contributed by atoms with Gasteiger partial charge in [0.05, 0.1) is 18.6 Å². The number of carbonyl (C=O) groups excluding carboxylic acids is 1. The molecule has 3 fully saturated rings. The van der Waals surface area contributed by atoms with E-state index in [1.54, 1.807) is 33.1 Å². The number of methoxy groups -OCH3 is 1. The second-order valence-electron chi connectivity index (χ2n) is 10.7. The summed E-state index contributed by atoms with van der Waals surface area (Å²) in [5.74, 6) is 0.524. The van der Waals surface area contributed by atoms with Gasteiger partial charge in [-0.3, -0.25) is 9.69 Å². The fraction of sp³-hybridized carbons (Fsp3) is 0.654. The molecule has 2 aliphatic heterocycles. The molecule has 1 aromatic heterocycles. The summed E-state index contributed by atoms with van der Waals surface area (Å²) in [6, 6.07) is 4.04. The summed E-state index contributed by atoms with van der Waals surface area (Å²) >= 11 is 1.20. The molecule has 0 radical (unpaired) electrons. The summed E-state index contributed by atoms with van der Waals surface area (Å²) in [6.07, 6.45) is 4.00. The molecule has 1 amide bonds. The van der Waals surface area contributed by atoms with Crippen LogP contribution in [0, 0.1) is 13.8 Å². The molecule has 0 unspecified atom stereocenters. The predicted octanol–water partition coefficient (Wildman–Crippen LogP) is 2.37. The van der Waals surface area contributed by atoms with Crippen LogP contribution in [0.15, 0.2) is 17.0 Å². The number of amides is 1. The number of benzene rings is 1. The standard InChI is InChI=1S/C26H38N6O4S2/c1-18-15-22(36-4)16-19(2)24(18)38(34,35)32(21-5-6-21)17-23-27-28-25(37-23)26(33)31-13-11-30(12-14-31)20-7-9-29(3)10-8-20/h15-16,20-21H,5-14,17H2,1-4H3. The predicted molar refractivity (Wildman–Crippen MR) is 146 cm³/mol. The van der Waals surface area contributed by atoms with Crippen molar-refractivity contribution < 1.29 is 17.9 Å². The van der Waals surface area contributed by atoms with E-state index in [4.69, 9.17) is 4.74 Å². The Kier molecular flexibility index (Phi) is 8.07. The summed E-state index contributed by atoms with van der Waals surface area (Å²) in [7, 11) is -0.0190. The Hall–Kier alpha value is -2.12. The summed E-state index contributed by atoms with van der Waals surface area (Å²) in [6.45, 7) is 9.07. The number of ether oxygens (including phenoxy) is 1. The number of nitrogens with zero attached hydrogens (tertiary/aromatic N) is 6. The number of piperazine rings is 1. The number of likely N-dealkylation sites (tertiary alicyclic amines) is 1. The first kappa shape index (κ1) is 27.4. The molecule has 3 heterocycles. The van der Waals surface area contributed by atoms with Crippen molar-refractivity contribution in [2.24, 2.45) is 0 Å². The van der Waals surface area contributed by atoms with Gasteiger partial charge in [-0.1, -0.05) is 11.3 Å². The van der Waals surface area contributed by atoms with Crippen LogP contribution in [-0.2, 0) is 16.6 Å². The van der Waals surface area contributed by atoms with Gasteiger partial charge in [0.1, 0.15) is 10.8 Å². The molecule has 3 aliphatic rings. The smallest absolute Gasteiger partial charge is 0.284 e. The maximum atomic E-state index is 13.8. The SMILES string of the molecule is COc1cc(C)c(S(=O)(=O)N(Cc2nnc(C(=O)N3CCN(C4CCN(C)CC4)CC3)s2)C2CC2)c(C)c1. The van der Waals surface area contributed by atoms with Gasteiger partial charge in [-0.15, -0.1) is 10.2 Å². The molecule has 1 aromatic carbocycles. The van der Waals surface area contributed by atoms with Gasteiger partial charge in [0.25, 0.3) is 5.91 Å². The zero-order valence-electron chi connectivity index (χ0n) is 22.7. The van der Waals surface area contributed by atoms with Crippen molar-refractivity contribution in [1.29, 1.82) is 0 Å². The third kappa shape index (κ3) is 5.74. The van der Waals surface area contributed by atoms with Crippen LogP contribution in [0.2, 0.25) is 0 Å². The van der Waals surface area contributed by atoms with Crippen molar-refractivity contribution >= 4 is 27.3 Å². The van der Waals surface area contributed by atoms with Gasteiger partial charge in [-0.05, 0) is 82.9 Å². The number of aryl methyl sites for hydroxylation is 2. The first-order chi connectivity index (χ1) is 18.2. The van der Waals surface area contributed by atoms with Crippen molar-refractivity contribution in [3.8, 4) is 5.75 Å². The van der Waals surface area contributed by atoms with Crippen molar-refractivity contribution in [1.82, 2.24) is 29.2 Å². The lowest BCUT2D eigenvalue weighted by atomic mass is 10.0. The summed E-state index contributed by atoms with van der Waals surface area (Å²) in [5.41, 5.74) is 1.31. The Morgan fingerprint density at radius 3 is 2.24 bits per heavy atom. The van der Waals surface area contributed by atoms with E-state index in [9.17, 15) is 13.2 Å². The molecule has 0 N–H and O–H groups in total. The highest BCUT2D eigenvalue weighted by Gasteiger charge is 2.40. The molecule has 0 bridgehead atoms. The Morgan fingerprint density at radius 1 is 1.03 bits per heavy atom. The van der Waals surface area contributed by atoms with E-state index in [-0.39, 0.29) is 18.5 Å². The molecule has 2 saturated heterocycles. The van der Waals surface area contributed by atoms with Crippen LogP contribution in [0.5, 0.6) is 5.75 Å². The minimum atomic E-state index is -3.76. The Morgan fingerprint density at radius 2 is 1.66 bits per heavy atom. The Labute approximate surface area is 229 Å². The molecule has 2 aromatic rings. The molecule has 0 atom stereocenters. The van der Waals surface area contributed by atoms with Crippen LogP contribution < -0.4 is 4.74 Å². The van der Waals surface area contributed by atoms with Crippen LogP contribution >= 0.6 is 11.3 Å². The van der Waals surface area contributed by atoms with Crippen molar-refractivity contribution in [3.63, 3.8) is 0 Å². The van der Waals surface area contributed by atoms with E-state index in [1.165, 1.54) is 28.5 Å². The zero-order chi connectivity index (χ0) is 27.0. The minimum Gasteiger partial charge on any atom is -0.497 e. The van der Waals surface area contributed by atoms with E-state index in [0.717, 1.165) is 39.0 Å². The Balaban J connectivity index is 1.25. The number of hydrogen-bond acceptors (Lipinski definition) is 9. The first-order valence-corrected chi connectivity index (χ1v) is 15.6. The second-order valence-corrected chi connectivity index (χ2v) is 13.6. The molecule has 1 saturated carbocycles. The van der Waals surface area contributed by atoms with Gasteiger partial charge in [0.15, 0.2) is 0 Å². The molecule has 38 heavy (non-hydrogen) atoms. The second kappa shape index (κ2) is 11.2. The lowest BCUT2D eigenvalue weighted by Crippen LogP contribution is -2.54. The van der Waals surface area contributed by atoms with E-state index < -0.39 is 10.0 Å². The number of hydrogen-bond donors (Lipinski definition) is 0. The van der Waals surface area contributed by atoms with Gasteiger partial charge in [-0.2, -0.15) is 4.31 Å². The van der Waals surface area contributed by atoms with Crippen LogP contribution in [0.4, 0.5) is 0 Å². The maximum Gasteiger partial charge on any atom is 0.284 e. The lowest BCUT2D eigenvalue weighted by Gasteiger charge is -2.42. The van der Waals surface area contributed by atoms with Gasteiger partial charge < -0.3 is 14.5 Å². The highest BCUT2D eigenvalue weighted by Crippen LogP contribution is 2.37. The summed E-state index contributed by atoms with van der Waals surface area (Å²) < 4.78 is 34.4. The van der Waals surface area contributed by atoms with Gasteiger partial charge in [0.2, 0.25) is 15.0 Å². The quantitative estimate of drug-likeness (QED) is 0.484. The number of piperidine rings is 1. The first-order valence-electron chi connectivity index (χ1n) is 13.4. The molecule has 12 heteroatoms. The van der Waals surface area contributed by atoms with Crippen LogP contribution in [0.3, 0.4) is 0 Å². The highest BCUT2D eigenvalue weighted by atomic mass is 32.2. The van der Waals surface area contributed by atoms with Gasteiger partial charge in [0, 0.05) is 38.3 Å². The van der Waals surface area contributed by atoms with Crippen molar-refractivity contribution in [2.45, 2.75) is 63.1 Å². The van der Waals surface area contributed by atoms with Crippen molar-refractivity contribution in [2.75, 3.05) is 53.4 Å². The van der Waals surface area contributed by atoms with E-state index in [1.807, 2.05) is 4.90 Å². The van der Waals surface area contributed by atoms with Gasteiger partial charge >= 0.3 is 0 Å². The number of aromatic nitrogens is 2. The highest BCUT2D eigenvalue weighted by molar-refractivity contribution is 7.89. The molecule has 0 spiro atoms. The molecule has 5 rings (SSSR count). The Bertz CT molecular complexity index is 1240. The monoisotopic (exact) mass is 562 g/mol. The third-order valence-electron chi connectivity index (χ3n) is 7.94. The molecule has 1 aliphatic carbocycles. The van der Waals surface area contributed by atoms with Gasteiger partial charge in [-0.25, -0.2) is 8.42 Å². The van der Waals surface area contributed by atoms with Crippen LogP contribution in [0.1, 0.15) is 51.6 Å². The van der Waals surface area contributed by atoms with Crippen LogP contribution in [-0.4, -0.2) is 109 Å². The molecular formula is C26H38N6O4S2. The molecule has 10 nitrogen and oxygen atoms in total. The third-order valence-corrected chi connectivity index (χ3v) is 11.0. The average molecular weight is 563 g/mol. The van der Waals surface area contributed by atoms with Crippen LogP contribution in [0.25, 0.3) is 0 Å². The van der Waals surface area contributed by atoms with E-state index >= 15 is 0 Å². The minimum absolute atomic E-state index is 0.0587. The fourth-order valence-corrected chi connectivity index (χ4v) is 8.60. The van der Waals surface area contributed by atoms with Crippen molar-refractivity contribution in [3.05, 3.63) is 33.3 Å². The number of sulfonamides is 1.